The Morgan fingerprint density at radius 3 is 1.45 bits per heavy atom. The van der Waals surface area contributed by atoms with Crippen LogP contribution in [0.5, 0.6) is 0 Å². The van der Waals surface area contributed by atoms with Gasteiger partial charge in [-0.2, -0.15) is 0 Å². The first-order chi connectivity index (χ1) is 10.9. The number of nitrogens with two attached hydrogens (primary N) is 1. The Balaban J connectivity index is 3.03. The molecule has 0 fully saturated rings. The minimum atomic E-state index is 0.710. The van der Waals surface area contributed by atoms with Gasteiger partial charge >= 0.3 is 0 Å². The highest BCUT2D eigenvalue weighted by molar-refractivity contribution is 4.81. The highest BCUT2D eigenvalue weighted by atomic mass is 16.6. The number of allylic oxidation sites excluding steroid dienone is 2. The third-order valence-corrected chi connectivity index (χ3v) is 4.27. The van der Waals surface area contributed by atoms with Gasteiger partial charge in [0.1, 0.15) is 0 Å². The third-order valence-electron chi connectivity index (χ3n) is 4.27. The summed E-state index contributed by atoms with van der Waals surface area (Å²) in [5.74, 6) is 4.99. The maximum atomic E-state index is 4.99. The van der Waals surface area contributed by atoms with Crippen LogP contribution in [-0.2, 0) is 4.84 Å². The second kappa shape index (κ2) is 20.7. The van der Waals surface area contributed by atoms with Gasteiger partial charge in [0.05, 0.1) is 6.61 Å². The number of rotatable bonds is 18. The Hall–Kier alpha value is -0.340. The number of hydrogen-bond acceptors (Lipinski definition) is 2. The molecule has 0 saturated carbocycles. The molecular formula is C20H41NO. The van der Waals surface area contributed by atoms with Gasteiger partial charge in [0.15, 0.2) is 0 Å². The number of hydrogen-bond donors (Lipinski definition) is 1. The van der Waals surface area contributed by atoms with Crippen LogP contribution in [0.15, 0.2) is 12.2 Å². The largest absolute Gasteiger partial charge is 0.305 e. The van der Waals surface area contributed by atoms with E-state index < -0.39 is 0 Å². The Bertz CT molecular complexity index is 194. The van der Waals surface area contributed by atoms with E-state index in [1.165, 1.54) is 96.3 Å². The Morgan fingerprint density at radius 2 is 1.00 bits per heavy atom. The molecule has 0 saturated heterocycles. The zero-order chi connectivity index (χ0) is 16.1. The fraction of sp³-hybridized carbons (Fsp3) is 0.900. The predicted molar refractivity (Wildman–Crippen MR) is 98.8 cm³/mol. The molecule has 0 aromatic rings. The van der Waals surface area contributed by atoms with Crippen molar-refractivity contribution in [3.8, 4) is 0 Å². The summed E-state index contributed by atoms with van der Waals surface area (Å²) in [6.07, 6.45) is 26.5. The molecule has 2 N–H and O–H groups in total. The lowest BCUT2D eigenvalue weighted by atomic mass is 10.1. The van der Waals surface area contributed by atoms with Gasteiger partial charge in [0, 0.05) is 0 Å². The van der Waals surface area contributed by atoms with E-state index in [0.29, 0.717) is 6.61 Å². The molecule has 0 unspecified atom stereocenters. The van der Waals surface area contributed by atoms with Crippen molar-refractivity contribution in [3.05, 3.63) is 12.2 Å². The molecule has 2 nitrogen and oxygen atoms in total. The molecule has 2 heteroatoms. The third kappa shape index (κ3) is 19.7. The van der Waals surface area contributed by atoms with Gasteiger partial charge < -0.3 is 4.84 Å². The average molecular weight is 312 g/mol. The molecule has 0 aliphatic rings. The van der Waals surface area contributed by atoms with Crippen LogP contribution < -0.4 is 5.90 Å². The first-order valence-electron chi connectivity index (χ1n) is 9.88. The van der Waals surface area contributed by atoms with E-state index in [9.17, 15) is 0 Å². The van der Waals surface area contributed by atoms with Crippen molar-refractivity contribution in [3.63, 3.8) is 0 Å². The summed E-state index contributed by atoms with van der Waals surface area (Å²) in [6.45, 7) is 2.99. The van der Waals surface area contributed by atoms with Crippen molar-refractivity contribution < 1.29 is 4.84 Å². The van der Waals surface area contributed by atoms with Gasteiger partial charge in [-0.05, 0) is 32.1 Å². The van der Waals surface area contributed by atoms with Gasteiger partial charge in [-0.1, -0.05) is 89.7 Å². The molecule has 0 aromatic carbocycles. The topological polar surface area (TPSA) is 35.2 Å². The van der Waals surface area contributed by atoms with Crippen LogP contribution in [-0.4, -0.2) is 6.61 Å². The summed E-state index contributed by atoms with van der Waals surface area (Å²) in [5.41, 5.74) is 0. The molecule has 132 valence electrons. The lowest BCUT2D eigenvalue weighted by Crippen LogP contribution is -2.00. The SMILES string of the molecule is CCCCCCCCCC/C=C\CCCCCCCCON. The molecule has 0 rings (SSSR count). The normalized spacial score (nSPS) is 11.5. The number of unbranched alkanes of at least 4 members (excludes halogenated alkanes) is 14. The van der Waals surface area contributed by atoms with Gasteiger partial charge in [-0.25, -0.2) is 5.90 Å². The molecule has 0 amide bonds. The average Bonchev–Trinajstić information content (AvgIpc) is 2.54. The smallest absolute Gasteiger partial charge is 0.0679 e. The summed E-state index contributed by atoms with van der Waals surface area (Å²) in [5, 5.41) is 0. The van der Waals surface area contributed by atoms with Crippen LogP contribution in [0.1, 0.15) is 110 Å². The summed E-state index contributed by atoms with van der Waals surface area (Å²) in [6, 6.07) is 0. The molecule has 0 aromatic heterocycles. The Morgan fingerprint density at radius 1 is 0.591 bits per heavy atom. The van der Waals surface area contributed by atoms with Crippen molar-refractivity contribution in [2.24, 2.45) is 5.90 Å². The molecule has 0 aliphatic carbocycles. The lowest BCUT2D eigenvalue weighted by molar-refractivity contribution is 0.133. The van der Waals surface area contributed by atoms with E-state index in [1.54, 1.807) is 0 Å². The predicted octanol–water partition coefficient (Wildman–Crippen LogP) is 6.69. The fourth-order valence-corrected chi connectivity index (χ4v) is 2.79. The van der Waals surface area contributed by atoms with Crippen LogP contribution in [0.25, 0.3) is 0 Å². The zero-order valence-electron chi connectivity index (χ0n) is 15.2. The second-order valence-electron chi connectivity index (χ2n) is 6.52. The standard InChI is InChI=1S/C20H41NO/c1-2-3-4-5-6-7-8-9-10-11-12-13-14-15-16-17-18-19-20-22-21/h11-12H,2-10,13-21H2,1H3/b12-11-. The van der Waals surface area contributed by atoms with E-state index in [-0.39, 0.29) is 0 Å². The van der Waals surface area contributed by atoms with Crippen molar-refractivity contribution in [1.29, 1.82) is 0 Å². The maximum absolute atomic E-state index is 4.99. The maximum Gasteiger partial charge on any atom is 0.0679 e. The fourth-order valence-electron chi connectivity index (χ4n) is 2.79. The quantitative estimate of drug-likeness (QED) is 0.174. The minimum Gasteiger partial charge on any atom is -0.305 e. The highest BCUT2D eigenvalue weighted by Crippen LogP contribution is 2.11. The van der Waals surface area contributed by atoms with E-state index in [0.717, 1.165) is 6.42 Å². The van der Waals surface area contributed by atoms with Crippen LogP contribution in [0, 0.1) is 0 Å². The first kappa shape index (κ1) is 21.7. The van der Waals surface area contributed by atoms with Crippen molar-refractivity contribution in [1.82, 2.24) is 0 Å². The summed E-state index contributed by atoms with van der Waals surface area (Å²) < 4.78 is 0. The highest BCUT2D eigenvalue weighted by Gasteiger charge is 1.92. The molecule has 0 spiro atoms. The van der Waals surface area contributed by atoms with E-state index in [2.05, 4.69) is 23.9 Å². The minimum absolute atomic E-state index is 0.710. The van der Waals surface area contributed by atoms with Crippen molar-refractivity contribution >= 4 is 0 Å². The molecule has 0 radical (unpaired) electrons. The van der Waals surface area contributed by atoms with Gasteiger partial charge in [-0.15, -0.1) is 0 Å². The summed E-state index contributed by atoms with van der Waals surface area (Å²) in [7, 11) is 0. The molecule has 0 atom stereocenters. The Kier molecular flexibility index (Phi) is 20.3. The molecule has 22 heavy (non-hydrogen) atoms. The second-order valence-corrected chi connectivity index (χ2v) is 6.52. The van der Waals surface area contributed by atoms with E-state index in [4.69, 9.17) is 5.90 Å². The zero-order valence-corrected chi connectivity index (χ0v) is 15.2. The van der Waals surface area contributed by atoms with Crippen LogP contribution in [0.4, 0.5) is 0 Å². The van der Waals surface area contributed by atoms with Gasteiger partial charge in [-0.3, -0.25) is 0 Å². The monoisotopic (exact) mass is 311 g/mol. The molecule has 0 bridgehead atoms. The van der Waals surface area contributed by atoms with Crippen LogP contribution >= 0.6 is 0 Å². The van der Waals surface area contributed by atoms with E-state index in [1.807, 2.05) is 0 Å². The van der Waals surface area contributed by atoms with Crippen LogP contribution in [0.2, 0.25) is 0 Å². The lowest BCUT2D eigenvalue weighted by Gasteiger charge is -2.00. The van der Waals surface area contributed by atoms with Gasteiger partial charge in [0.2, 0.25) is 0 Å². The Labute approximate surface area is 139 Å². The molecule has 0 aliphatic heterocycles. The first-order valence-corrected chi connectivity index (χ1v) is 9.88. The van der Waals surface area contributed by atoms with Crippen molar-refractivity contribution in [2.75, 3.05) is 6.61 Å². The molecule has 0 heterocycles. The van der Waals surface area contributed by atoms with Crippen LogP contribution in [0.3, 0.4) is 0 Å². The molecular weight excluding hydrogens is 270 g/mol. The van der Waals surface area contributed by atoms with Gasteiger partial charge in [0.25, 0.3) is 0 Å². The van der Waals surface area contributed by atoms with E-state index >= 15 is 0 Å². The summed E-state index contributed by atoms with van der Waals surface area (Å²) >= 11 is 0. The van der Waals surface area contributed by atoms with Crippen molar-refractivity contribution in [2.45, 2.75) is 110 Å². The summed E-state index contributed by atoms with van der Waals surface area (Å²) in [4.78, 5) is 4.56.